The molecule has 1 aromatic heterocycles. The molecule has 2 aromatic rings. The zero-order valence-corrected chi connectivity index (χ0v) is 8.38. The van der Waals surface area contributed by atoms with Gasteiger partial charge in [0.1, 0.15) is 11.9 Å². The SMILES string of the molecule is N#Cc1cnc(Nc2ccc(N)cc2)cn1. The topological polar surface area (TPSA) is 87.6 Å². The second-order valence-electron chi connectivity index (χ2n) is 3.15. The molecule has 0 amide bonds. The highest BCUT2D eigenvalue weighted by atomic mass is 15.0. The van der Waals surface area contributed by atoms with Crippen LogP contribution >= 0.6 is 0 Å². The molecule has 0 unspecified atom stereocenters. The van der Waals surface area contributed by atoms with Crippen molar-refractivity contribution in [2.75, 3.05) is 11.1 Å². The Morgan fingerprint density at radius 1 is 1.12 bits per heavy atom. The Kier molecular flexibility index (Phi) is 2.65. The molecular formula is C11H9N5. The van der Waals surface area contributed by atoms with Gasteiger partial charge in [0.05, 0.1) is 12.4 Å². The monoisotopic (exact) mass is 211 g/mol. The van der Waals surface area contributed by atoms with E-state index < -0.39 is 0 Å². The molecule has 3 N–H and O–H groups in total. The lowest BCUT2D eigenvalue weighted by Gasteiger charge is -2.04. The van der Waals surface area contributed by atoms with Crippen molar-refractivity contribution in [2.24, 2.45) is 0 Å². The van der Waals surface area contributed by atoms with Gasteiger partial charge in [-0.05, 0) is 24.3 Å². The molecule has 78 valence electrons. The average molecular weight is 211 g/mol. The molecule has 1 heterocycles. The van der Waals surface area contributed by atoms with Gasteiger partial charge in [0.15, 0.2) is 5.69 Å². The molecule has 0 spiro atoms. The first kappa shape index (κ1) is 9.93. The van der Waals surface area contributed by atoms with Crippen LogP contribution in [-0.4, -0.2) is 9.97 Å². The summed E-state index contributed by atoms with van der Waals surface area (Å²) in [6, 6.07) is 9.17. The summed E-state index contributed by atoms with van der Waals surface area (Å²) in [7, 11) is 0. The average Bonchev–Trinajstić information content (AvgIpc) is 2.33. The molecule has 2 rings (SSSR count). The van der Waals surface area contributed by atoms with E-state index >= 15 is 0 Å². The second kappa shape index (κ2) is 4.28. The number of anilines is 3. The maximum Gasteiger partial charge on any atom is 0.158 e. The van der Waals surface area contributed by atoms with E-state index in [9.17, 15) is 0 Å². The normalized spacial score (nSPS) is 9.44. The van der Waals surface area contributed by atoms with Crippen molar-refractivity contribution in [1.29, 1.82) is 5.26 Å². The molecule has 0 aliphatic heterocycles. The van der Waals surface area contributed by atoms with Gasteiger partial charge in [0.25, 0.3) is 0 Å². The van der Waals surface area contributed by atoms with Crippen LogP contribution in [0.25, 0.3) is 0 Å². The summed E-state index contributed by atoms with van der Waals surface area (Å²) in [5, 5.41) is 11.6. The molecule has 0 aliphatic rings. The summed E-state index contributed by atoms with van der Waals surface area (Å²) in [5.41, 5.74) is 7.43. The van der Waals surface area contributed by atoms with Crippen LogP contribution in [0.15, 0.2) is 36.7 Å². The van der Waals surface area contributed by atoms with Gasteiger partial charge in [-0.3, -0.25) is 0 Å². The zero-order chi connectivity index (χ0) is 11.4. The van der Waals surface area contributed by atoms with Crippen molar-refractivity contribution in [3.05, 3.63) is 42.4 Å². The number of nitrogen functional groups attached to an aromatic ring is 1. The van der Waals surface area contributed by atoms with Crippen molar-refractivity contribution < 1.29 is 0 Å². The van der Waals surface area contributed by atoms with Gasteiger partial charge in [0.2, 0.25) is 0 Å². The van der Waals surface area contributed by atoms with Gasteiger partial charge in [0, 0.05) is 11.4 Å². The largest absolute Gasteiger partial charge is 0.399 e. The van der Waals surface area contributed by atoms with Crippen LogP contribution in [0.2, 0.25) is 0 Å². The third-order valence-electron chi connectivity index (χ3n) is 1.95. The predicted molar refractivity (Wildman–Crippen MR) is 60.9 cm³/mol. The molecule has 0 radical (unpaired) electrons. The lowest BCUT2D eigenvalue weighted by atomic mass is 10.3. The van der Waals surface area contributed by atoms with Gasteiger partial charge in [-0.2, -0.15) is 5.26 Å². The molecular weight excluding hydrogens is 202 g/mol. The van der Waals surface area contributed by atoms with Crippen LogP contribution in [0.4, 0.5) is 17.2 Å². The van der Waals surface area contributed by atoms with Crippen LogP contribution in [0.5, 0.6) is 0 Å². The molecule has 5 nitrogen and oxygen atoms in total. The van der Waals surface area contributed by atoms with E-state index in [0.717, 1.165) is 5.69 Å². The second-order valence-corrected chi connectivity index (χ2v) is 3.15. The maximum atomic E-state index is 8.56. The molecule has 0 atom stereocenters. The molecule has 1 aromatic carbocycles. The number of hydrogen-bond acceptors (Lipinski definition) is 5. The Morgan fingerprint density at radius 3 is 2.44 bits per heavy atom. The number of benzene rings is 1. The highest BCUT2D eigenvalue weighted by Crippen LogP contribution is 2.15. The van der Waals surface area contributed by atoms with E-state index in [0.29, 0.717) is 17.2 Å². The van der Waals surface area contributed by atoms with Crippen molar-refractivity contribution in [2.45, 2.75) is 0 Å². The first-order valence-corrected chi connectivity index (χ1v) is 4.62. The van der Waals surface area contributed by atoms with Crippen LogP contribution in [-0.2, 0) is 0 Å². The van der Waals surface area contributed by atoms with Crippen LogP contribution in [0.1, 0.15) is 5.69 Å². The Bertz CT molecular complexity index is 510. The minimum Gasteiger partial charge on any atom is -0.399 e. The fourth-order valence-electron chi connectivity index (χ4n) is 1.16. The Balaban J connectivity index is 2.15. The van der Waals surface area contributed by atoms with Crippen LogP contribution in [0, 0.1) is 11.3 Å². The number of rotatable bonds is 2. The van der Waals surface area contributed by atoms with E-state index in [1.165, 1.54) is 12.4 Å². The lowest BCUT2D eigenvalue weighted by molar-refractivity contribution is 1.16. The minimum absolute atomic E-state index is 0.294. The van der Waals surface area contributed by atoms with Crippen molar-refractivity contribution in [3.8, 4) is 6.07 Å². The molecule has 0 fully saturated rings. The summed E-state index contributed by atoms with van der Waals surface area (Å²) in [4.78, 5) is 7.94. The van der Waals surface area contributed by atoms with E-state index in [-0.39, 0.29) is 0 Å². The van der Waals surface area contributed by atoms with E-state index in [4.69, 9.17) is 11.0 Å². The molecule has 0 bridgehead atoms. The third kappa shape index (κ3) is 2.25. The Morgan fingerprint density at radius 2 is 1.88 bits per heavy atom. The first-order chi connectivity index (χ1) is 7.78. The number of hydrogen-bond donors (Lipinski definition) is 2. The fraction of sp³-hybridized carbons (Fsp3) is 0. The predicted octanol–water partition coefficient (Wildman–Crippen LogP) is 1.67. The maximum absolute atomic E-state index is 8.56. The number of nitrogens with two attached hydrogens (primary N) is 1. The van der Waals surface area contributed by atoms with Gasteiger partial charge in [-0.25, -0.2) is 9.97 Å². The quantitative estimate of drug-likeness (QED) is 0.738. The molecule has 5 heteroatoms. The number of nitrogens with zero attached hydrogens (tertiary/aromatic N) is 3. The smallest absolute Gasteiger partial charge is 0.158 e. The highest BCUT2D eigenvalue weighted by Gasteiger charge is 1.97. The molecule has 16 heavy (non-hydrogen) atoms. The van der Waals surface area contributed by atoms with E-state index in [1.807, 2.05) is 18.2 Å². The molecule has 0 saturated heterocycles. The standard InChI is InChI=1S/C11H9N5/c12-5-10-6-15-11(7-14-10)16-9-3-1-8(13)2-4-9/h1-4,6-7H,13H2,(H,15,16). The number of nitriles is 1. The Hall–Kier alpha value is -2.61. The highest BCUT2D eigenvalue weighted by molar-refractivity contribution is 5.58. The summed E-state index contributed by atoms with van der Waals surface area (Å²) >= 11 is 0. The van der Waals surface area contributed by atoms with E-state index in [1.54, 1.807) is 12.1 Å². The molecule has 0 saturated carbocycles. The van der Waals surface area contributed by atoms with Gasteiger partial charge in [-0.15, -0.1) is 0 Å². The summed E-state index contributed by atoms with van der Waals surface area (Å²) in [5.74, 6) is 0.587. The fourth-order valence-corrected chi connectivity index (χ4v) is 1.16. The first-order valence-electron chi connectivity index (χ1n) is 4.62. The van der Waals surface area contributed by atoms with Gasteiger partial charge in [-0.1, -0.05) is 0 Å². The number of aromatic nitrogens is 2. The minimum atomic E-state index is 0.294. The third-order valence-corrected chi connectivity index (χ3v) is 1.95. The van der Waals surface area contributed by atoms with Crippen molar-refractivity contribution >= 4 is 17.2 Å². The lowest BCUT2D eigenvalue weighted by Crippen LogP contribution is -1.95. The Labute approximate surface area is 92.6 Å². The van der Waals surface area contributed by atoms with Gasteiger partial charge >= 0.3 is 0 Å². The van der Waals surface area contributed by atoms with Crippen LogP contribution < -0.4 is 11.1 Å². The molecule has 0 aliphatic carbocycles. The summed E-state index contributed by atoms with van der Waals surface area (Å²) in [6.45, 7) is 0. The van der Waals surface area contributed by atoms with E-state index in [2.05, 4.69) is 15.3 Å². The van der Waals surface area contributed by atoms with Gasteiger partial charge < -0.3 is 11.1 Å². The van der Waals surface area contributed by atoms with Crippen LogP contribution in [0.3, 0.4) is 0 Å². The summed E-state index contributed by atoms with van der Waals surface area (Å²) in [6.07, 6.45) is 2.93. The zero-order valence-electron chi connectivity index (χ0n) is 8.38. The number of nitrogens with one attached hydrogen (secondary N) is 1. The van der Waals surface area contributed by atoms with Crippen molar-refractivity contribution in [3.63, 3.8) is 0 Å². The summed E-state index contributed by atoms with van der Waals surface area (Å²) < 4.78 is 0. The van der Waals surface area contributed by atoms with Crippen molar-refractivity contribution in [1.82, 2.24) is 9.97 Å².